The van der Waals surface area contributed by atoms with Gasteiger partial charge in [-0.15, -0.1) is 11.8 Å². The summed E-state index contributed by atoms with van der Waals surface area (Å²) in [5, 5.41) is 9.47. The smallest absolute Gasteiger partial charge is 0.277 e. The van der Waals surface area contributed by atoms with Gasteiger partial charge in [0.1, 0.15) is 11.2 Å². The van der Waals surface area contributed by atoms with E-state index in [1.165, 1.54) is 12.3 Å². The maximum Gasteiger partial charge on any atom is 0.277 e. The molecule has 2 fully saturated rings. The molecule has 36 heavy (non-hydrogen) atoms. The molecule has 0 N–H and O–H groups in total. The van der Waals surface area contributed by atoms with Crippen LogP contribution < -0.4 is 0 Å². The Balaban J connectivity index is 1.37. The molecule has 0 unspecified atom stereocenters. The van der Waals surface area contributed by atoms with E-state index in [0.29, 0.717) is 35.5 Å². The van der Waals surface area contributed by atoms with Crippen molar-refractivity contribution in [2.24, 2.45) is 13.0 Å². The highest BCUT2D eigenvalue weighted by Crippen LogP contribution is 2.50. The second-order valence-corrected chi connectivity index (χ2v) is 11.0. The predicted octanol–water partition coefficient (Wildman–Crippen LogP) is 6.87. The fourth-order valence-electron chi connectivity index (χ4n) is 4.76. The van der Waals surface area contributed by atoms with Crippen LogP contribution in [0, 0.1) is 17.2 Å². The van der Waals surface area contributed by atoms with Crippen molar-refractivity contribution in [3.63, 3.8) is 0 Å². The molecule has 5 nitrogen and oxygen atoms in total. The summed E-state index contributed by atoms with van der Waals surface area (Å²) < 4.78 is 31.2. The fraction of sp³-hybridized carbons (Fsp3) is 0.357. The van der Waals surface area contributed by atoms with Crippen molar-refractivity contribution in [2.75, 3.05) is 5.75 Å². The summed E-state index contributed by atoms with van der Waals surface area (Å²) in [4.78, 5) is 14.8. The number of fused-ring (bicyclic) bond motifs is 1. The van der Waals surface area contributed by atoms with Crippen LogP contribution in [-0.2, 0) is 18.4 Å². The Hall–Kier alpha value is -3.31. The zero-order valence-electron chi connectivity index (χ0n) is 20.1. The number of hydrogen-bond donors (Lipinski definition) is 0. The lowest BCUT2D eigenvalue weighted by atomic mass is 9.95. The Kier molecular flexibility index (Phi) is 5.38. The molecule has 3 heterocycles. The van der Waals surface area contributed by atoms with Crippen molar-refractivity contribution in [1.29, 1.82) is 5.26 Å². The zero-order chi connectivity index (χ0) is 25.1. The largest absolute Gasteiger partial charge is 0.310 e. The molecule has 0 bridgehead atoms. The summed E-state index contributed by atoms with van der Waals surface area (Å²) in [6.45, 7) is 2.08. The van der Waals surface area contributed by atoms with Gasteiger partial charge in [-0.05, 0) is 54.7 Å². The molecule has 182 valence electrons. The summed E-state index contributed by atoms with van der Waals surface area (Å²) in [5.41, 5.74) is 4.42. The number of hydrogen-bond acceptors (Lipinski definition) is 5. The number of pyridine rings is 2. The summed E-state index contributed by atoms with van der Waals surface area (Å²) >= 11 is 1.67. The van der Waals surface area contributed by atoms with E-state index in [0.717, 1.165) is 40.2 Å². The number of nitrogens with zero attached hydrogens (tertiary/aromatic N) is 5. The molecule has 3 aromatic heterocycles. The quantitative estimate of drug-likeness (QED) is 0.259. The van der Waals surface area contributed by atoms with Crippen LogP contribution in [0.25, 0.3) is 33.8 Å². The summed E-state index contributed by atoms with van der Waals surface area (Å²) in [7, 11) is 1.84. The predicted molar refractivity (Wildman–Crippen MR) is 137 cm³/mol. The van der Waals surface area contributed by atoms with E-state index in [1.54, 1.807) is 11.8 Å². The van der Waals surface area contributed by atoms with Crippen LogP contribution in [-0.4, -0.2) is 25.3 Å². The van der Waals surface area contributed by atoms with Crippen molar-refractivity contribution in [3.8, 4) is 28.7 Å². The Bertz CT molecular complexity index is 1510. The number of rotatable bonds is 7. The van der Waals surface area contributed by atoms with Gasteiger partial charge in [0, 0.05) is 41.4 Å². The Labute approximate surface area is 212 Å². The highest BCUT2D eigenvalue weighted by molar-refractivity contribution is 7.99. The molecule has 2 aliphatic rings. The van der Waals surface area contributed by atoms with Gasteiger partial charge in [0.25, 0.3) is 5.92 Å². The molecular formula is C28H25F2N5S. The van der Waals surface area contributed by atoms with Gasteiger partial charge in [-0.25, -0.2) is 18.7 Å². The van der Waals surface area contributed by atoms with Crippen LogP contribution in [0.3, 0.4) is 0 Å². The number of halogens is 2. The first-order valence-corrected chi connectivity index (χ1v) is 13.2. The van der Waals surface area contributed by atoms with Gasteiger partial charge in [0.05, 0.1) is 11.5 Å². The number of benzene rings is 1. The van der Waals surface area contributed by atoms with E-state index in [2.05, 4.69) is 24.0 Å². The van der Waals surface area contributed by atoms with Crippen molar-refractivity contribution in [1.82, 2.24) is 19.5 Å². The van der Waals surface area contributed by atoms with E-state index in [-0.39, 0.29) is 11.0 Å². The molecule has 0 amide bonds. The third-order valence-corrected chi connectivity index (χ3v) is 8.19. The molecule has 6 rings (SSSR count). The lowest BCUT2D eigenvalue weighted by molar-refractivity contribution is -0.0287. The van der Waals surface area contributed by atoms with Gasteiger partial charge in [-0.2, -0.15) is 5.26 Å². The van der Waals surface area contributed by atoms with Crippen LogP contribution in [0.1, 0.15) is 43.7 Å². The first-order chi connectivity index (χ1) is 17.4. The highest BCUT2D eigenvalue weighted by Gasteiger charge is 2.48. The Morgan fingerprint density at radius 2 is 1.86 bits per heavy atom. The van der Waals surface area contributed by atoms with E-state index in [9.17, 15) is 14.0 Å². The molecule has 0 aliphatic heterocycles. The van der Waals surface area contributed by atoms with Crippen LogP contribution >= 0.6 is 11.8 Å². The van der Waals surface area contributed by atoms with Crippen LogP contribution in [0.2, 0.25) is 0 Å². The van der Waals surface area contributed by atoms with E-state index >= 15 is 0 Å². The van der Waals surface area contributed by atoms with Gasteiger partial charge in [0.2, 0.25) is 0 Å². The first kappa shape index (κ1) is 23.1. The number of aromatic nitrogens is 4. The number of nitriles is 1. The molecule has 2 aliphatic carbocycles. The maximum absolute atomic E-state index is 14.7. The van der Waals surface area contributed by atoms with E-state index in [1.807, 2.05) is 42.1 Å². The maximum atomic E-state index is 14.7. The van der Waals surface area contributed by atoms with Crippen LogP contribution in [0.4, 0.5) is 8.78 Å². The molecular weight excluding hydrogens is 476 g/mol. The molecule has 1 aromatic carbocycles. The summed E-state index contributed by atoms with van der Waals surface area (Å²) in [6.07, 6.45) is 6.04. The average Bonchev–Trinajstić information content (AvgIpc) is 3.82. The van der Waals surface area contributed by atoms with Crippen molar-refractivity contribution in [2.45, 2.75) is 48.8 Å². The fourth-order valence-corrected chi connectivity index (χ4v) is 5.56. The molecule has 8 heteroatoms. The van der Waals surface area contributed by atoms with Gasteiger partial charge >= 0.3 is 0 Å². The SMILES string of the molecule is CCSc1cc(-c2ccc(C3(C#N)CC3)cc2)cnc1-c1nc2cc(C(F)(F)C3CC3)cnc2n1C. The van der Waals surface area contributed by atoms with Gasteiger partial charge in [-0.1, -0.05) is 31.2 Å². The molecule has 0 atom stereocenters. The average molecular weight is 502 g/mol. The van der Waals surface area contributed by atoms with Crippen molar-refractivity contribution < 1.29 is 8.78 Å². The second kappa shape index (κ2) is 8.38. The molecule has 4 aromatic rings. The topological polar surface area (TPSA) is 67.4 Å². The standard InChI is InChI=1S/C28H25F2N5S/c1-3-36-23-12-18(17-4-6-19(7-5-17)27(16-31)10-11-27)14-32-24(23)26-34-22-13-21(15-33-25(22)35(26)2)28(29,30)20-8-9-20/h4-7,12-15,20H,3,8-11H2,1-2H3. The van der Waals surface area contributed by atoms with Crippen LogP contribution in [0.15, 0.2) is 53.7 Å². The third-order valence-electron chi connectivity index (χ3n) is 7.28. The lowest BCUT2D eigenvalue weighted by Crippen LogP contribution is -2.16. The number of imidazole rings is 1. The monoisotopic (exact) mass is 501 g/mol. The van der Waals surface area contributed by atoms with E-state index < -0.39 is 11.8 Å². The van der Waals surface area contributed by atoms with Gasteiger partial charge in [-0.3, -0.25) is 4.98 Å². The molecule has 0 spiro atoms. The minimum absolute atomic E-state index is 0.0681. The minimum atomic E-state index is -2.87. The van der Waals surface area contributed by atoms with E-state index in [4.69, 9.17) is 9.97 Å². The van der Waals surface area contributed by atoms with Gasteiger partial charge < -0.3 is 4.57 Å². The molecule has 2 saturated carbocycles. The normalized spacial score (nSPS) is 16.8. The third kappa shape index (κ3) is 3.77. The Morgan fingerprint density at radius 1 is 1.11 bits per heavy atom. The Morgan fingerprint density at radius 3 is 2.50 bits per heavy atom. The first-order valence-electron chi connectivity index (χ1n) is 12.2. The number of thioether (sulfide) groups is 1. The van der Waals surface area contributed by atoms with Crippen molar-refractivity contribution >= 4 is 22.9 Å². The number of alkyl halides is 2. The molecule has 0 saturated heterocycles. The minimum Gasteiger partial charge on any atom is -0.310 e. The second-order valence-electron chi connectivity index (χ2n) is 9.73. The highest BCUT2D eigenvalue weighted by atomic mass is 32.2. The zero-order valence-corrected chi connectivity index (χ0v) is 20.9. The summed E-state index contributed by atoms with van der Waals surface area (Å²) in [5.74, 6) is -2.01. The van der Waals surface area contributed by atoms with Crippen molar-refractivity contribution in [3.05, 3.63) is 59.9 Å². The number of aryl methyl sites for hydroxylation is 1. The van der Waals surface area contributed by atoms with Gasteiger partial charge in [0.15, 0.2) is 11.5 Å². The molecule has 0 radical (unpaired) electrons. The lowest BCUT2D eigenvalue weighted by Gasteiger charge is -2.15. The summed E-state index contributed by atoms with van der Waals surface area (Å²) in [6, 6.07) is 14.2. The van der Waals surface area contributed by atoms with Crippen LogP contribution in [0.5, 0.6) is 0 Å².